The second kappa shape index (κ2) is 8.31. The van der Waals surface area contributed by atoms with E-state index in [4.69, 9.17) is 0 Å². The van der Waals surface area contributed by atoms with Crippen molar-refractivity contribution >= 4 is 5.91 Å². The molecule has 7 heteroatoms. The van der Waals surface area contributed by atoms with Gasteiger partial charge in [0.25, 0.3) is 5.91 Å². The van der Waals surface area contributed by atoms with Gasteiger partial charge >= 0.3 is 0 Å². The number of amides is 1. The topological polar surface area (TPSA) is 73.9 Å². The van der Waals surface area contributed by atoms with Crippen LogP contribution in [0.1, 0.15) is 28.9 Å². The summed E-state index contributed by atoms with van der Waals surface area (Å²) in [5.74, 6) is -0.359. The summed E-state index contributed by atoms with van der Waals surface area (Å²) in [6, 6.07) is 14.1. The number of halogens is 1. The molecule has 1 aliphatic heterocycles. The van der Waals surface area contributed by atoms with Gasteiger partial charge in [0.05, 0.1) is 5.69 Å². The highest BCUT2D eigenvalue weighted by molar-refractivity contribution is 5.93. The van der Waals surface area contributed by atoms with Crippen molar-refractivity contribution in [3.8, 4) is 11.4 Å². The lowest BCUT2D eigenvalue weighted by Crippen LogP contribution is -2.44. The molecule has 0 atom stereocenters. The number of pyridine rings is 1. The highest BCUT2D eigenvalue weighted by atomic mass is 19.1. The van der Waals surface area contributed by atoms with Crippen LogP contribution in [-0.4, -0.2) is 45.1 Å². The van der Waals surface area contributed by atoms with Crippen molar-refractivity contribution in [3.05, 3.63) is 71.8 Å². The molecule has 0 spiro atoms. The summed E-state index contributed by atoms with van der Waals surface area (Å²) in [5, 5.41) is 10.0. The Hall–Kier alpha value is -3.06. The fourth-order valence-electron chi connectivity index (χ4n) is 3.48. The van der Waals surface area contributed by atoms with Gasteiger partial charge in [-0.15, -0.1) is 0 Å². The van der Waals surface area contributed by atoms with Crippen LogP contribution in [0.3, 0.4) is 0 Å². The second-order valence-corrected chi connectivity index (χ2v) is 7.04. The molecule has 3 heterocycles. The predicted molar refractivity (Wildman–Crippen MR) is 104 cm³/mol. The molecule has 0 bridgehead atoms. The van der Waals surface area contributed by atoms with E-state index < -0.39 is 0 Å². The molecule has 2 N–H and O–H groups in total. The lowest BCUT2D eigenvalue weighted by Gasteiger charge is -2.32. The number of nitrogens with zero attached hydrogens (tertiary/aromatic N) is 3. The van der Waals surface area contributed by atoms with Gasteiger partial charge < -0.3 is 5.32 Å². The first-order valence-corrected chi connectivity index (χ1v) is 9.42. The van der Waals surface area contributed by atoms with Gasteiger partial charge in [0.2, 0.25) is 0 Å². The SMILES string of the molecule is O=C(NC1CCN(Cc2cccc(F)c2)CC1)c1cc(-c2ccccn2)n[nH]1. The van der Waals surface area contributed by atoms with Crippen molar-refractivity contribution in [2.75, 3.05) is 13.1 Å². The zero-order valence-electron chi connectivity index (χ0n) is 15.4. The minimum Gasteiger partial charge on any atom is -0.348 e. The van der Waals surface area contributed by atoms with Gasteiger partial charge in [0.1, 0.15) is 17.2 Å². The number of piperidine rings is 1. The van der Waals surface area contributed by atoms with E-state index in [1.54, 1.807) is 24.4 Å². The number of hydrogen-bond acceptors (Lipinski definition) is 4. The van der Waals surface area contributed by atoms with Gasteiger partial charge in [0, 0.05) is 31.9 Å². The van der Waals surface area contributed by atoms with Crippen molar-refractivity contribution in [1.82, 2.24) is 25.4 Å². The average Bonchev–Trinajstić information content (AvgIpc) is 3.21. The highest BCUT2D eigenvalue weighted by Crippen LogP contribution is 2.17. The summed E-state index contributed by atoms with van der Waals surface area (Å²) < 4.78 is 13.3. The zero-order valence-corrected chi connectivity index (χ0v) is 15.4. The Bertz CT molecular complexity index is 935. The van der Waals surface area contributed by atoms with E-state index in [1.165, 1.54) is 6.07 Å². The molecule has 144 valence electrons. The molecule has 3 aromatic rings. The Labute approximate surface area is 162 Å². The van der Waals surface area contributed by atoms with Crippen LogP contribution in [0, 0.1) is 5.82 Å². The minimum absolute atomic E-state index is 0.123. The maximum atomic E-state index is 13.3. The molecule has 0 saturated carbocycles. The number of hydrogen-bond donors (Lipinski definition) is 2. The van der Waals surface area contributed by atoms with Crippen LogP contribution in [0.2, 0.25) is 0 Å². The summed E-state index contributed by atoms with van der Waals surface area (Å²) in [5.41, 5.74) is 2.78. The van der Waals surface area contributed by atoms with Crippen LogP contribution in [0.15, 0.2) is 54.7 Å². The summed E-state index contributed by atoms with van der Waals surface area (Å²) in [7, 11) is 0. The molecule has 6 nitrogen and oxygen atoms in total. The van der Waals surface area contributed by atoms with Crippen LogP contribution < -0.4 is 5.32 Å². The van der Waals surface area contributed by atoms with E-state index in [-0.39, 0.29) is 17.8 Å². The standard InChI is InChI=1S/C21H22FN5O/c22-16-5-3-4-15(12-16)14-27-10-7-17(8-11-27)24-21(28)20-13-19(25-26-20)18-6-1-2-9-23-18/h1-6,9,12-13,17H,7-8,10-11,14H2,(H,24,28)(H,25,26). The van der Waals surface area contributed by atoms with Gasteiger partial charge in [-0.2, -0.15) is 5.10 Å². The molecule has 0 radical (unpaired) electrons. The fraction of sp³-hybridized carbons (Fsp3) is 0.286. The van der Waals surface area contributed by atoms with Crippen LogP contribution in [0.25, 0.3) is 11.4 Å². The largest absolute Gasteiger partial charge is 0.348 e. The molecule has 28 heavy (non-hydrogen) atoms. The Morgan fingerprint density at radius 1 is 1.14 bits per heavy atom. The summed E-state index contributed by atoms with van der Waals surface area (Å²) in [6.07, 6.45) is 3.42. The maximum Gasteiger partial charge on any atom is 0.269 e. The number of aromatic amines is 1. The Balaban J connectivity index is 1.29. The highest BCUT2D eigenvalue weighted by Gasteiger charge is 2.22. The van der Waals surface area contributed by atoms with E-state index in [0.717, 1.165) is 43.7 Å². The minimum atomic E-state index is -0.204. The molecule has 0 unspecified atom stereocenters. The van der Waals surface area contributed by atoms with Crippen molar-refractivity contribution in [2.24, 2.45) is 0 Å². The molecule has 2 aromatic heterocycles. The average molecular weight is 379 g/mol. The van der Waals surface area contributed by atoms with E-state index in [2.05, 4.69) is 25.4 Å². The molecule has 1 saturated heterocycles. The third kappa shape index (κ3) is 4.43. The summed E-state index contributed by atoms with van der Waals surface area (Å²) in [6.45, 7) is 2.46. The van der Waals surface area contributed by atoms with Gasteiger partial charge in [-0.3, -0.25) is 19.8 Å². The van der Waals surface area contributed by atoms with Crippen molar-refractivity contribution in [1.29, 1.82) is 0 Å². The van der Waals surface area contributed by atoms with Crippen molar-refractivity contribution in [3.63, 3.8) is 0 Å². The van der Waals surface area contributed by atoms with Gasteiger partial charge in [-0.05, 0) is 48.7 Å². The van der Waals surface area contributed by atoms with Crippen LogP contribution in [0.5, 0.6) is 0 Å². The fourth-order valence-corrected chi connectivity index (χ4v) is 3.48. The van der Waals surface area contributed by atoms with Crippen molar-refractivity contribution < 1.29 is 9.18 Å². The van der Waals surface area contributed by atoms with Crippen LogP contribution in [0.4, 0.5) is 4.39 Å². The maximum absolute atomic E-state index is 13.3. The van der Waals surface area contributed by atoms with Gasteiger partial charge in [-0.1, -0.05) is 18.2 Å². The molecular weight excluding hydrogens is 357 g/mol. The Morgan fingerprint density at radius 3 is 2.75 bits per heavy atom. The molecule has 1 fully saturated rings. The number of benzene rings is 1. The summed E-state index contributed by atoms with van der Waals surface area (Å²) in [4.78, 5) is 19.0. The quantitative estimate of drug-likeness (QED) is 0.715. The van der Waals surface area contributed by atoms with Gasteiger partial charge in [0.15, 0.2) is 0 Å². The third-order valence-electron chi connectivity index (χ3n) is 4.97. The summed E-state index contributed by atoms with van der Waals surface area (Å²) >= 11 is 0. The zero-order chi connectivity index (χ0) is 19.3. The number of nitrogens with one attached hydrogen (secondary N) is 2. The van der Waals surface area contributed by atoms with E-state index in [9.17, 15) is 9.18 Å². The number of H-pyrrole nitrogens is 1. The monoisotopic (exact) mass is 379 g/mol. The van der Waals surface area contributed by atoms with Crippen LogP contribution in [-0.2, 0) is 6.54 Å². The molecule has 1 aromatic carbocycles. The molecular formula is C21H22FN5O. The lowest BCUT2D eigenvalue weighted by molar-refractivity contribution is 0.0904. The van der Waals surface area contributed by atoms with Gasteiger partial charge in [-0.25, -0.2) is 4.39 Å². The van der Waals surface area contributed by atoms with E-state index in [0.29, 0.717) is 11.4 Å². The predicted octanol–water partition coefficient (Wildman–Crippen LogP) is 3.01. The Morgan fingerprint density at radius 2 is 2.00 bits per heavy atom. The van der Waals surface area contributed by atoms with E-state index >= 15 is 0 Å². The number of rotatable bonds is 5. The normalized spacial score (nSPS) is 15.5. The molecule has 1 aliphatic rings. The van der Waals surface area contributed by atoms with E-state index in [1.807, 2.05) is 24.3 Å². The Kier molecular flexibility index (Phi) is 5.43. The molecule has 0 aliphatic carbocycles. The lowest BCUT2D eigenvalue weighted by atomic mass is 10.0. The number of aromatic nitrogens is 3. The molecule has 1 amide bonds. The first-order chi connectivity index (χ1) is 13.7. The number of likely N-dealkylation sites (tertiary alicyclic amines) is 1. The third-order valence-corrected chi connectivity index (χ3v) is 4.97. The number of carbonyl (C=O) groups excluding carboxylic acids is 1. The first kappa shape index (κ1) is 18.3. The van der Waals surface area contributed by atoms with Crippen LogP contribution >= 0.6 is 0 Å². The number of carbonyl (C=O) groups is 1. The second-order valence-electron chi connectivity index (χ2n) is 7.04. The molecule has 4 rings (SSSR count). The smallest absolute Gasteiger partial charge is 0.269 e. The van der Waals surface area contributed by atoms with Crippen molar-refractivity contribution in [2.45, 2.75) is 25.4 Å². The first-order valence-electron chi connectivity index (χ1n) is 9.42.